The standard InChI is InChI=1S/C6H10O3.C5H9NO2/c1-3-5(7)9-6(8)4-2;1-3-5(7)8-4(2)6/h3,6,8H,1,4H2,2H3;3-4H,1,6H2,2H3. The van der Waals surface area contributed by atoms with Crippen LogP contribution < -0.4 is 5.73 Å². The third kappa shape index (κ3) is 14.3. The summed E-state index contributed by atoms with van der Waals surface area (Å²) in [7, 11) is 0. The minimum atomic E-state index is -0.990. The molecule has 2 unspecified atom stereocenters. The number of aliphatic hydroxyl groups excluding tert-OH is 1. The molecule has 0 bridgehead atoms. The van der Waals surface area contributed by atoms with Crippen molar-refractivity contribution in [2.24, 2.45) is 5.73 Å². The van der Waals surface area contributed by atoms with Gasteiger partial charge in [-0.05, 0) is 6.92 Å². The lowest BCUT2D eigenvalue weighted by Crippen LogP contribution is -2.21. The van der Waals surface area contributed by atoms with E-state index in [2.05, 4.69) is 22.6 Å². The predicted molar refractivity (Wildman–Crippen MR) is 62.5 cm³/mol. The van der Waals surface area contributed by atoms with Crippen molar-refractivity contribution in [3.8, 4) is 0 Å². The Labute approximate surface area is 101 Å². The second-order valence-corrected chi connectivity index (χ2v) is 2.85. The molecule has 98 valence electrons. The summed E-state index contributed by atoms with van der Waals surface area (Å²) in [6.07, 6.45) is 0.956. The van der Waals surface area contributed by atoms with Crippen LogP contribution in [0.4, 0.5) is 0 Å². The zero-order chi connectivity index (χ0) is 13.8. The molecule has 0 heterocycles. The summed E-state index contributed by atoms with van der Waals surface area (Å²) in [5.41, 5.74) is 5.08. The van der Waals surface area contributed by atoms with Gasteiger partial charge in [-0.3, -0.25) is 5.73 Å². The van der Waals surface area contributed by atoms with E-state index in [1.807, 2.05) is 0 Å². The third-order valence-corrected chi connectivity index (χ3v) is 1.24. The Morgan fingerprint density at radius 1 is 1.29 bits per heavy atom. The van der Waals surface area contributed by atoms with E-state index < -0.39 is 24.5 Å². The Morgan fingerprint density at radius 3 is 1.94 bits per heavy atom. The first kappa shape index (κ1) is 17.7. The topological polar surface area (TPSA) is 98.9 Å². The van der Waals surface area contributed by atoms with Gasteiger partial charge in [0.2, 0.25) is 6.29 Å². The molecule has 0 rings (SSSR count). The van der Waals surface area contributed by atoms with E-state index in [1.54, 1.807) is 13.8 Å². The van der Waals surface area contributed by atoms with Gasteiger partial charge in [-0.1, -0.05) is 20.1 Å². The monoisotopic (exact) mass is 245 g/mol. The molecule has 0 saturated carbocycles. The van der Waals surface area contributed by atoms with Gasteiger partial charge in [0, 0.05) is 18.6 Å². The molecule has 6 nitrogen and oxygen atoms in total. The molecule has 2 atom stereocenters. The SMILES string of the molecule is C=CC(=O)OC(C)N.C=CC(=O)OC(O)CC. The van der Waals surface area contributed by atoms with Crippen LogP contribution in [0.3, 0.4) is 0 Å². The molecule has 0 amide bonds. The van der Waals surface area contributed by atoms with E-state index >= 15 is 0 Å². The molecule has 0 spiro atoms. The zero-order valence-electron chi connectivity index (χ0n) is 10.1. The highest BCUT2D eigenvalue weighted by Crippen LogP contribution is 1.92. The first-order valence-corrected chi connectivity index (χ1v) is 4.97. The number of carbonyl (C=O) groups excluding carboxylic acids is 2. The lowest BCUT2D eigenvalue weighted by atomic mass is 10.5. The van der Waals surface area contributed by atoms with Crippen LogP contribution in [0.2, 0.25) is 0 Å². The first-order valence-electron chi connectivity index (χ1n) is 4.97. The predicted octanol–water partition coefficient (Wildman–Crippen LogP) is 0.464. The highest BCUT2D eigenvalue weighted by Gasteiger charge is 2.02. The van der Waals surface area contributed by atoms with Crippen molar-refractivity contribution in [3.63, 3.8) is 0 Å². The number of aliphatic hydroxyl groups is 1. The quantitative estimate of drug-likeness (QED) is 0.415. The zero-order valence-corrected chi connectivity index (χ0v) is 10.1. The van der Waals surface area contributed by atoms with Crippen LogP contribution in [0.1, 0.15) is 20.3 Å². The van der Waals surface area contributed by atoms with Gasteiger partial charge in [0.15, 0.2) is 0 Å². The van der Waals surface area contributed by atoms with Crippen molar-refractivity contribution in [3.05, 3.63) is 25.3 Å². The van der Waals surface area contributed by atoms with Crippen molar-refractivity contribution < 1.29 is 24.2 Å². The Hall–Kier alpha value is -1.66. The molecular weight excluding hydrogens is 226 g/mol. The fourth-order valence-corrected chi connectivity index (χ4v) is 0.497. The first-order chi connectivity index (χ1) is 7.87. The molecule has 0 radical (unpaired) electrons. The van der Waals surface area contributed by atoms with E-state index in [0.29, 0.717) is 6.42 Å². The maximum atomic E-state index is 10.3. The van der Waals surface area contributed by atoms with Crippen LogP contribution in [0.5, 0.6) is 0 Å². The highest BCUT2D eigenvalue weighted by molar-refractivity contribution is 5.81. The van der Waals surface area contributed by atoms with Gasteiger partial charge in [0.05, 0.1) is 0 Å². The molecule has 0 aromatic carbocycles. The van der Waals surface area contributed by atoms with Crippen LogP contribution in [0, 0.1) is 0 Å². The minimum absolute atomic E-state index is 0.402. The fourth-order valence-electron chi connectivity index (χ4n) is 0.497. The van der Waals surface area contributed by atoms with Gasteiger partial charge < -0.3 is 14.6 Å². The molecule has 0 aliphatic rings. The second kappa shape index (κ2) is 10.8. The van der Waals surface area contributed by atoms with E-state index in [4.69, 9.17) is 10.8 Å². The largest absolute Gasteiger partial charge is 0.444 e. The molecule has 6 heteroatoms. The number of esters is 2. The number of ether oxygens (including phenoxy) is 2. The summed E-state index contributed by atoms with van der Waals surface area (Å²) in [6, 6.07) is 0. The normalized spacial score (nSPS) is 12.2. The Balaban J connectivity index is 0. The summed E-state index contributed by atoms with van der Waals surface area (Å²) in [4.78, 5) is 20.5. The molecule has 0 aromatic heterocycles. The fraction of sp³-hybridized carbons (Fsp3) is 0.455. The van der Waals surface area contributed by atoms with Gasteiger partial charge in [-0.15, -0.1) is 0 Å². The van der Waals surface area contributed by atoms with Crippen molar-refractivity contribution in [2.45, 2.75) is 32.8 Å². The molecule has 3 N–H and O–H groups in total. The summed E-state index contributed by atoms with van der Waals surface area (Å²) >= 11 is 0. The number of hydrogen-bond acceptors (Lipinski definition) is 6. The van der Waals surface area contributed by atoms with Crippen molar-refractivity contribution in [1.29, 1.82) is 0 Å². The maximum Gasteiger partial charge on any atom is 0.332 e. The van der Waals surface area contributed by atoms with E-state index in [9.17, 15) is 9.59 Å². The van der Waals surface area contributed by atoms with Crippen molar-refractivity contribution in [1.82, 2.24) is 0 Å². The Kier molecular flexibility index (Phi) is 11.3. The van der Waals surface area contributed by atoms with Gasteiger partial charge in [-0.25, -0.2) is 9.59 Å². The molecule has 0 fully saturated rings. The maximum absolute atomic E-state index is 10.3. The molecule has 0 aliphatic heterocycles. The molecule has 0 saturated heterocycles. The van der Waals surface area contributed by atoms with Crippen LogP contribution in [0.25, 0.3) is 0 Å². The van der Waals surface area contributed by atoms with Gasteiger partial charge in [-0.2, -0.15) is 0 Å². The highest BCUT2D eigenvalue weighted by atomic mass is 16.6. The average molecular weight is 245 g/mol. The molecule has 17 heavy (non-hydrogen) atoms. The second-order valence-electron chi connectivity index (χ2n) is 2.85. The van der Waals surface area contributed by atoms with Crippen LogP contribution in [-0.2, 0) is 19.1 Å². The lowest BCUT2D eigenvalue weighted by Gasteiger charge is -2.05. The minimum Gasteiger partial charge on any atom is -0.444 e. The van der Waals surface area contributed by atoms with Crippen molar-refractivity contribution >= 4 is 11.9 Å². The third-order valence-electron chi connectivity index (χ3n) is 1.24. The van der Waals surface area contributed by atoms with Gasteiger partial charge >= 0.3 is 11.9 Å². The number of carbonyl (C=O) groups is 2. The average Bonchev–Trinajstić information content (AvgIpc) is 2.28. The van der Waals surface area contributed by atoms with Crippen LogP contribution >= 0.6 is 0 Å². The van der Waals surface area contributed by atoms with Gasteiger partial charge in [0.25, 0.3) is 0 Å². The van der Waals surface area contributed by atoms with Crippen LogP contribution in [0.15, 0.2) is 25.3 Å². The Morgan fingerprint density at radius 2 is 1.71 bits per heavy atom. The molecule has 0 aliphatic carbocycles. The van der Waals surface area contributed by atoms with E-state index in [0.717, 1.165) is 12.2 Å². The summed E-state index contributed by atoms with van der Waals surface area (Å²) < 4.78 is 8.77. The van der Waals surface area contributed by atoms with E-state index in [1.165, 1.54) is 0 Å². The lowest BCUT2D eigenvalue weighted by molar-refractivity contribution is -0.161. The van der Waals surface area contributed by atoms with Gasteiger partial charge in [0.1, 0.15) is 6.23 Å². The van der Waals surface area contributed by atoms with E-state index in [-0.39, 0.29) is 0 Å². The van der Waals surface area contributed by atoms with Crippen LogP contribution in [-0.4, -0.2) is 29.6 Å². The van der Waals surface area contributed by atoms with Crippen molar-refractivity contribution in [2.75, 3.05) is 0 Å². The number of hydrogen-bond donors (Lipinski definition) is 2. The summed E-state index contributed by atoms with van der Waals surface area (Å²) in [6.45, 7) is 9.63. The number of rotatable bonds is 5. The number of nitrogens with two attached hydrogens (primary N) is 1. The summed E-state index contributed by atoms with van der Waals surface area (Å²) in [5.74, 6) is -1.08. The Bertz CT molecular complexity index is 263. The molecule has 0 aromatic rings. The summed E-state index contributed by atoms with van der Waals surface area (Å²) in [5, 5.41) is 8.67. The molecular formula is C11H19NO5. The smallest absolute Gasteiger partial charge is 0.332 e.